The third kappa shape index (κ3) is 3.76. The van der Waals surface area contributed by atoms with Crippen molar-refractivity contribution in [2.75, 3.05) is 14.2 Å². The summed E-state index contributed by atoms with van der Waals surface area (Å²) in [7, 11) is 3.14. The van der Waals surface area contributed by atoms with Crippen molar-refractivity contribution in [1.82, 2.24) is 10.3 Å². The molecule has 118 valence electrons. The van der Waals surface area contributed by atoms with Crippen molar-refractivity contribution in [3.05, 3.63) is 38.3 Å². The normalized spacial score (nSPS) is 10.4. The number of rotatable bonds is 6. The minimum Gasteiger partial charge on any atom is -0.493 e. The van der Waals surface area contributed by atoms with Crippen LogP contribution in [0.3, 0.4) is 0 Å². The van der Waals surface area contributed by atoms with Crippen molar-refractivity contribution < 1.29 is 14.3 Å². The Bertz CT molecular complexity index is 675. The highest BCUT2D eigenvalue weighted by atomic mass is 79.9. The van der Waals surface area contributed by atoms with E-state index in [4.69, 9.17) is 15.2 Å². The number of nitrogens with two attached hydrogens (primary N) is 1. The van der Waals surface area contributed by atoms with Gasteiger partial charge in [0.2, 0.25) is 0 Å². The second-order valence-corrected chi connectivity index (χ2v) is 6.11. The van der Waals surface area contributed by atoms with E-state index in [1.54, 1.807) is 25.7 Å². The van der Waals surface area contributed by atoms with Gasteiger partial charge in [-0.2, -0.15) is 0 Å². The smallest absolute Gasteiger partial charge is 0.271 e. The van der Waals surface area contributed by atoms with Gasteiger partial charge in [-0.3, -0.25) is 4.79 Å². The predicted octanol–water partition coefficient (Wildman–Crippen LogP) is 2.31. The zero-order valence-electron chi connectivity index (χ0n) is 12.2. The Morgan fingerprint density at radius 3 is 2.64 bits per heavy atom. The van der Waals surface area contributed by atoms with E-state index in [1.807, 2.05) is 6.07 Å². The largest absolute Gasteiger partial charge is 0.493 e. The molecule has 1 amide bonds. The molecule has 0 unspecified atom stereocenters. The molecule has 0 atom stereocenters. The number of methoxy groups -OCH3 is 2. The third-order valence-corrected chi connectivity index (χ3v) is 4.56. The maximum atomic E-state index is 12.1. The van der Waals surface area contributed by atoms with Gasteiger partial charge >= 0.3 is 0 Å². The molecule has 0 spiro atoms. The van der Waals surface area contributed by atoms with Crippen LogP contribution in [0.1, 0.15) is 21.1 Å². The average Bonchev–Trinajstić information content (AvgIpc) is 3.02. The molecule has 3 N–H and O–H groups in total. The van der Waals surface area contributed by atoms with Crippen LogP contribution in [0.2, 0.25) is 0 Å². The van der Waals surface area contributed by atoms with Crippen LogP contribution in [0, 0.1) is 0 Å². The minimum absolute atomic E-state index is 0.238. The molecule has 0 aliphatic rings. The molecule has 0 saturated carbocycles. The van der Waals surface area contributed by atoms with Crippen LogP contribution in [-0.4, -0.2) is 25.1 Å². The molecule has 0 saturated heterocycles. The number of carbonyl (C=O) groups excluding carboxylic acids is 1. The zero-order valence-corrected chi connectivity index (χ0v) is 14.6. The van der Waals surface area contributed by atoms with Gasteiger partial charge in [0.15, 0.2) is 11.5 Å². The summed E-state index contributed by atoms with van der Waals surface area (Å²) in [4.78, 5) is 16.2. The lowest BCUT2D eigenvalue weighted by atomic mass is 10.2. The minimum atomic E-state index is -0.238. The topological polar surface area (TPSA) is 86.5 Å². The monoisotopic (exact) mass is 385 g/mol. The number of halogens is 1. The van der Waals surface area contributed by atoms with Gasteiger partial charge in [0.25, 0.3) is 5.91 Å². The Labute approximate surface area is 140 Å². The van der Waals surface area contributed by atoms with Crippen LogP contribution in [-0.2, 0) is 13.1 Å². The molecule has 22 heavy (non-hydrogen) atoms. The lowest BCUT2D eigenvalue weighted by Crippen LogP contribution is -2.23. The fraction of sp³-hybridized carbons (Fsp3) is 0.286. The molecule has 8 heteroatoms. The van der Waals surface area contributed by atoms with Crippen molar-refractivity contribution in [3.8, 4) is 11.5 Å². The Morgan fingerprint density at radius 2 is 2.05 bits per heavy atom. The van der Waals surface area contributed by atoms with Crippen LogP contribution >= 0.6 is 27.3 Å². The van der Waals surface area contributed by atoms with E-state index in [9.17, 15) is 4.79 Å². The number of thiazole rings is 1. The highest BCUT2D eigenvalue weighted by Gasteiger charge is 2.13. The number of hydrogen-bond donors (Lipinski definition) is 2. The molecule has 1 heterocycles. The van der Waals surface area contributed by atoms with E-state index in [0.29, 0.717) is 30.3 Å². The van der Waals surface area contributed by atoms with Crippen LogP contribution in [0.4, 0.5) is 0 Å². The van der Waals surface area contributed by atoms with Gasteiger partial charge in [0, 0.05) is 22.9 Å². The zero-order chi connectivity index (χ0) is 16.1. The summed E-state index contributed by atoms with van der Waals surface area (Å²) in [6, 6.07) is 3.62. The van der Waals surface area contributed by atoms with Gasteiger partial charge in [-0.25, -0.2) is 4.98 Å². The molecular formula is C14H16BrN3O3S. The molecular weight excluding hydrogens is 370 g/mol. The number of amides is 1. The van der Waals surface area contributed by atoms with Crippen molar-refractivity contribution in [2.45, 2.75) is 13.1 Å². The molecule has 0 bridgehead atoms. The SMILES string of the molecule is COc1cc(Br)c(CNC(=O)c2csc(CN)n2)cc1OC. The number of nitrogens with one attached hydrogen (secondary N) is 1. The first-order valence-corrected chi connectivity index (χ1v) is 8.09. The number of ether oxygens (including phenoxy) is 2. The number of carbonyl (C=O) groups is 1. The molecule has 0 aliphatic heterocycles. The van der Waals surface area contributed by atoms with E-state index in [1.165, 1.54) is 11.3 Å². The Morgan fingerprint density at radius 1 is 1.36 bits per heavy atom. The van der Waals surface area contributed by atoms with Crippen molar-refractivity contribution in [3.63, 3.8) is 0 Å². The van der Waals surface area contributed by atoms with Gasteiger partial charge in [-0.15, -0.1) is 11.3 Å². The Kier molecular flexibility index (Phi) is 5.76. The van der Waals surface area contributed by atoms with E-state index in [0.717, 1.165) is 15.0 Å². The molecule has 1 aromatic carbocycles. The standard InChI is InChI=1S/C14H16BrN3O3S/c1-20-11-3-8(9(15)4-12(11)21-2)6-17-14(19)10-7-22-13(5-16)18-10/h3-4,7H,5-6,16H2,1-2H3,(H,17,19). The number of hydrogen-bond acceptors (Lipinski definition) is 6. The van der Waals surface area contributed by atoms with E-state index in [2.05, 4.69) is 26.2 Å². The lowest BCUT2D eigenvalue weighted by molar-refractivity contribution is 0.0946. The lowest BCUT2D eigenvalue weighted by Gasteiger charge is -2.12. The first-order chi connectivity index (χ1) is 10.6. The summed E-state index contributed by atoms with van der Waals surface area (Å²) in [5.41, 5.74) is 6.74. The first kappa shape index (κ1) is 16.7. The second kappa shape index (κ2) is 7.57. The summed E-state index contributed by atoms with van der Waals surface area (Å²) in [5, 5.41) is 5.25. The second-order valence-electron chi connectivity index (χ2n) is 4.31. The fourth-order valence-electron chi connectivity index (χ4n) is 1.81. The fourth-order valence-corrected chi connectivity index (χ4v) is 2.92. The summed E-state index contributed by atoms with van der Waals surface area (Å²) < 4.78 is 11.3. The molecule has 0 fully saturated rings. The molecule has 1 aromatic heterocycles. The van der Waals surface area contributed by atoms with Gasteiger partial charge < -0.3 is 20.5 Å². The van der Waals surface area contributed by atoms with E-state index >= 15 is 0 Å². The van der Waals surface area contributed by atoms with Crippen molar-refractivity contribution in [2.24, 2.45) is 5.73 Å². The number of aromatic nitrogens is 1. The maximum absolute atomic E-state index is 12.1. The van der Waals surface area contributed by atoms with Crippen LogP contribution in [0.15, 0.2) is 22.0 Å². The molecule has 0 radical (unpaired) electrons. The summed E-state index contributed by atoms with van der Waals surface area (Å²) in [6.45, 7) is 0.675. The Balaban J connectivity index is 2.09. The summed E-state index contributed by atoms with van der Waals surface area (Å²) >= 11 is 4.83. The quantitative estimate of drug-likeness (QED) is 0.796. The van der Waals surface area contributed by atoms with Gasteiger partial charge in [-0.05, 0) is 17.7 Å². The maximum Gasteiger partial charge on any atom is 0.271 e. The third-order valence-electron chi connectivity index (χ3n) is 2.95. The summed E-state index contributed by atoms with van der Waals surface area (Å²) in [6.07, 6.45) is 0. The predicted molar refractivity (Wildman–Crippen MR) is 88.4 cm³/mol. The number of benzene rings is 1. The van der Waals surface area contributed by atoms with E-state index in [-0.39, 0.29) is 5.91 Å². The van der Waals surface area contributed by atoms with Gasteiger partial charge in [0.1, 0.15) is 10.7 Å². The van der Waals surface area contributed by atoms with Gasteiger partial charge in [-0.1, -0.05) is 15.9 Å². The average molecular weight is 386 g/mol. The highest BCUT2D eigenvalue weighted by Crippen LogP contribution is 2.33. The first-order valence-electron chi connectivity index (χ1n) is 6.42. The van der Waals surface area contributed by atoms with Crippen LogP contribution in [0.25, 0.3) is 0 Å². The highest BCUT2D eigenvalue weighted by molar-refractivity contribution is 9.10. The van der Waals surface area contributed by atoms with Crippen LogP contribution < -0.4 is 20.5 Å². The van der Waals surface area contributed by atoms with Gasteiger partial charge in [0.05, 0.1) is 14.2 Å². The van der Waals surface area contributed by atoms with Crippen molar-refractivity contribution >= 4 is 33.2 Å². The Hall–Kier alpha value is -1.64. The molecule has 6 nitrogen and oxygen atoms in total. The molecule has 0 aliphatic carbocycles. The van der Waals surface area contributed by atoms with E-state index < -0.39 is 0 Å². The molecule has 2 rings (SSSR count). The van der Waals surface area contributed by atoms with Crippen LogP contribution in [0.5, 0.6) is 11.5 Å². The van der Waals surface area contributed by atoms with Crippen molar-refractivity contribution in [1.29, 1.82) is 0 Å². The molecule has 2 aromatic rings. The summed E-state index contributed by atoms with van der Waals surface area (Å²) in [5.74, 6) is 0.989. The number of nitrogens with zero attached hydrogens (tertiary/aromatic N) is 1.